The molecule has 0 amide bonds. The molecule has 18 heavy (non-hydrogen) atoms. The summed E-state index contributed by atoms with van der Waals surface area (Å²) in [7, 11) is 3.40. The highest BCUT2D eigenvalue weighted by Crippen LogP contribution is 2.32. The van der Waals surface area contributed by atoms with Gasteiger partial charge in [0.2, 0.25) is 0 Å². The van der Waals surface area contributed by atoms with Crippen molar-refractivity contribution in [3.8, 4) is 11.5 Å². The van der Waals surface area contributed by atoms with Gasteiger partial charge in [-0.1, -0.05) is 25.0 Å². The summed E-state index contributed by atoms with van der Waals surface area (Å²) >= 11 is 0. The molecule has 0 bridgehead atoms. The molecule has 1 fully saturated rings. The molecular weight excluding hydrogens is 226 g/mol. The third-order valence-corrected chi connectivity index (χ3v) is 3.61. The summed E-state index contributed by atoms with van der Waals surface area (Å²) in [6, 6.07) is 6.68. The lowest BCUT2D eigenvalue weighted by atomic mass is 10.0. The normalized spacial score (nSPS) is 20.2. The maximum absolute atomic E-state index is 5.49. The van der Waals surface area contributed by atoms with Crippen molar-refractivity contribution in [1.29, 1.82) is 0 Å². The topological polar surface area (TPSA) is 30.5 Å². The second-order valence-corrected chi connectivity index (χ2v) is 4.86. The first-order valence-electron chi connectivity index (χ1n) is 6.78. The van der Waals surface area contributed by atoms with E-state index in [4.69, 9.17) is 9.47 Å². The summed E-state index contributed by atoms with van der Waals surface area (Å²) in [5.41, 5.74) is 1.23. The molecule has 1 aliphatic rings. The van der Waals surface area contributed by atoms with Gasteiger partial charge in [0.25, 0.3) is 0 Å². The highest BCUT2D eigenvalue weighted by molar-refractivity contribution is 5.46. The van der Waals surface area contributed by atoms with Gasteiger partial charge in [0.1, 0.15) is 0 Å². The lowest BCUT2D eigenvalue weighted by molar-refractivity contribution is 0.349. The Kier molecular flexibility index (Phi) is 4.88. The summed E-state index contributed by atoms with van der Waals surface area (Å²) in [6.07, 6.45) is 6.23. The molecule has 0 saturated carbocycles. The van der Waals surface area contributed by atoms with E-state index < -0.39 is 0 Å². The number of ether oxygens (including phenoxy) is 2. The third-order valence-electron chi connectivity index (χ3n) is 3.61. The maximum Gasteiger partial charge on any atom is 0.163 e. The average molecular weight is 249 g/mol. The Labute approximate surface area is 109 Å². The van der Waals surface area contributed by atoms with E-state index >= 15 is 0 Å². The molecule has 3 nitrogen and oxygen atoms in total. The van der Waals surface area contributed by atoms with Crippen LogP contribution in [-0.4, -0.2) is 26.8 Å². The van der Waals surface area contributed by atoms with Crippen LogP contribution in [0.3, 0.4) is 0 Å². The van der Waals surface area contributed by atoms with Gasteiger partial charge in [-0.2, -0.15) is 0 Å². The van der Waals surface area contributed by atoms with Gasteiger partial charge in [-0.25, -0.2) is 0 Å². The Morgan fingerprint density at radius 1 is 1.17 bits per heavy atom. The summed E-state index contributed by atoms with van der Waals surface area (Å²) in [6.45, 7) is 1.14. The minimum atomic E-state index is 0.563. The summed E-state index contributed by atoms with van der Waals surface area (Å²) in [5, 5.41) is 3.62. The van der Waals surface area contributed by atoms with Crippen molar-refractivity contribution in [3.63, 3.8) is 0 Å². The third kappa shape index (κ3) is 3.16. The van der Waals surface area contributed by atoms with E-state index in [1.165, 1.54) is 31.2 Å². The van der Waals surface area contributed by atoms with E-state index in [2.05, 4.69) is 11.4 Å². The molecular formula is C15H23NO2. The van der Waals surface area contributed by atoms with Crippen molar-refractivity contribution in [3.05, 3.63) is 23.8 Å². The van der Waals surface area contributed by atoms with E-state index in [1.54, 1.807) is 14.2 Å². The van der Waals surface area contributed by atoms with Crippen LogP contribution in [0.25, 0.3) is 0 Å². The SMILES string of the molecule is COc1cccc(CC2CCCCCN2)c1OC. The molecule has 2 rings (SSSR count). The van der Waals surface area contributed by atoms with Crippen molar-refractivity contribution in [2.45, 2.75) is 38.1 Å². The van der Waals surface area contributed by atoms with Gasteiger partial charge in [0, 0.05) is 6.04 Å². The second-order valence-electron chi connectivity index (χ2n) is 4.86. The molecule has 1 heterocycles. The zero-order valence-electron chi connectivity index (χ0n) is 11.4. The molecule has 0 aromatic heterocycles. The first-order valence-corrected chi connectivity index (χ1v) is 6.78. The van der Waals surface area contributed by atoms with Crippen molar-refractivity contribution in [2.75, 3.05) is 20.8 Å². The van der Waals surface area contributed by atoms with Crippen LogP contribution < -0.4 is 14.8 Å². The van der Waals surface area contributed by atoms with Gasteiger partial charge < -0.3 is 14.8 Å². The molecule has 0 spiro atoms. The van der Waals surface area contributed by atoms with Gasteiger partial charge in [0.15, 0.2) is 11.5 Å². The predicted molar refractivity (Wildman–Crippen MR) is 73.5 cm³/mol. The Bertz CT molecular complexity index is 371. The van der Waals surface area contributed by atoms with Crippen LogP contribution in [0, 0.1) is 0 Å². The minimum Gasteiger partial charge on any atom is -0.493 e. The summed E-state index contributed by atoms with van der Waals surface area (Å²) < 4.78 is 10.8. The smallest absolute Gasteiger partial charge is 0.163 e. The monoisotopic (exact) mass is 249 g/mol. The lowest BCUT2D eigenvalue weighted by Crippen LogP contribution is -2.30. The van der Waals surface area contributed by atoms with Crippen LogP contribution in [-0.2, 0) is 6.42 Å². The fourth-order valence-electron chi connectivity index (χ4n) is 2.65. The number of hydrogen-bond donors (Lipinski definition) is 1. The quantitative estimate of drug-likeness (QED) is 0.890. The Balaban J connectivity index is 2.12. The van der Waals surface area contributed by atoms with Crippen LogP contribution in [0.5, 0.6) is 11.5 Å². The molecule has 1 atom stereocenters. The van der Waals surface area contributed by atoms with E-state index in [-0.39, 0.29) is 0 Å². The number of methoxy groups -OCH3 is 2. The van der Waals surface area contributed by atoms with Crippen LogP contribution in [0.15, 0.2) is 18.2 Å². The standard InChI is InChI=1S/C15H23NO2/c1-17-14-9-6-7-12(15(14)18-2)11-13-8-4-3-5-10-16-13/h6-7,9,13,16H,3-5,8,10-11H2,1-2H3. The highest BCUT2D eigenvalue weighted by atomic mass is 16.5. The Morgan fingerprint density at radius 3 is 2.83 bits per heavy atom. The molecule has 1 aromatic carbocycles. The van der Waals surface area contributed by atoms with E-state index in [9.17, 15) is 0 Å². The molecule has 0 radical (unpaired) electrons. The van der Waals surface area contributed by atoms with Gasteiger partial charge >= 0.3 is 0 Å². The van der Waals surface area contributed by atoms with Crippen LogP contribution in [0.2, 0.25) is 0 Å². The molecule has 1 aromatic rings. The van der Waals surface area contributed by atoms with Gasteiger partial charge in [-0.15, -0.1) is 0 Å². The molecule has 100 valence electrons. The van der Waals surface area contributed by atoms with Crippen LogP contribution in [0.1, 0.15) is 31.2 Å². The highest BCUT2D eigenvalue weighted by Gasteiger charge is 2.16. The fraction of sp³-hybridized carbons (Fsp3) is 0.600. The molecule has 1 N–H and O–H groups in total. The van der Waals surface area contributed by atoms with Gasteiger partial charge in [-0.3, -0.25) is 0 Å². The van der Waals surface area contributed by atoms with Gasteiger partial charge in [0.05, 0.1) is 14.2 Å². The maximum atomic E-state index is 5.49. The zero-order chi connectivity index (χ0) is 12.8. The molecule has 1 saturated heterocycles. The van der Waals surface area contributed by atoms with Crippen molar-refractivity contribution < 1.29 is 9.47 Å². The molecule has 1 aliphatic heterocycles. The molecule has 0 aliphatic carbocycles. The average Bonchev–Trinajstić information content (AvgIpc) is 2.67. The lowest BCUT2D eigenvalue weighted by Gasteiger charge is -2.18. The molecule has 1 unspecified atom stereocenters. The number of rotatable bonds is 4. The first kappa shape index (κ1) is 13.2. The second kappa shape index (κ2) is 6.64. The van der Waals surface area contributed by atoms with Crippen molar-refractivity contribution in [2.24, 2.45) is 0 Å². The minimum absolute atomic E-state index is 0.563. The van der Waals surface area contributed by atoms with Gasteiger partial charge in [-0.05, 0) is 37.4 Å². The first-order chi connectivity index (χ1) is 8.85. The predicted octanol–water partition coefficient (Wildman–Crippen LogP) is 2.78. The largest absolute Gasteiger partial charge is 0.493 e. The fourth-order valence-corrected chi connectivity index (χ4v) is 2.65. The van der Waals surface area contributed by atoms with Crippen molar-refractivity contribution >= 4 is 0 Å². The number of para-hydroxylation sites is 1. The Hall–Kier alpha value is -1.22. The van der Waals surface area contributed by atoms with Crippen LogP contribution >= 0.6 is 0 Å². The number of hydrogen-bond acceptors (Lipinski definition) is 3. The van der Waals surface area contributed by atoms with Crippen LogP contribution in [0.4, 0.5) is 0 Å². The number of nitrogens with one attached hydrogen (secondary N) is 1. The number of benzene rings is 1. The summed E-state index contributed by atoms with van der Waals surface area (Å²) in [4.78, 5) is 0. The zero-order valence-corrected chi connectivity index (χ0v) is 11.4. The molecule has 3 heteroatoms. The van der Waals surface area contributed by atoms with E-state index in [1.807, 2.05) is 12.1 Å². The summed E-state index contributed by atoms with van der Waals surface area (Å²) in [5.74, 6) is 1.70. The van der Waals surface area contributed by atoms with E-state index in [0.717, 1.165) is 24.5 Å². The Morgan fingerprint density at radius 2 is 2.06 bits per heavy atom. The van der Waals surface area contributed by atoms with E-state index in [0.29, 0.717) is 6.04 Å². The van der Waals surface area contributed by atoms with Crippen molar-refractivity contribution in [1.82, 2.24) is 5.32 Å².